The highest BCUT2D eigenvalue weighted by Crippen LogP contribution is 2.39. The highest BCUT2D eigenvalue weighted by molar-refractivity contribution is 5.99. The van der Waals surface area contributed by atoms with E-state index in [-0.39, 0.29) is 17.1 Å². The molecule has 3 rings (SSSR count). The minimum atomic E-state index is -5.22. The van der Waals surface area contributed by atoms with Crippen molar-refractivity contribution in [3.8, 4) is 0 Å². The van der Waals surface area contributed by atoms with Crippen molar-refractivity contribution in [1.29, 1.82) is 0 Å². The second-order valence-corrected chi connectivity index (χ2v) is 6.49. The number of nitrogens with one attached hydrogen (secondary N) is 1. The SMILES string of the molecule is O=C(N[C@@H]1C(N2CCCCC2)=NO[C@]1(O)C(F)(F)F)c1ccc([N+](=O)[O-])cc1. The molecule has 0 bridgehead atoms. The smallest absolute Gasteiger partial charge is 0.355 e. The van der Waals surface area contributed by atoms with Crippen LogP contribution in [0.1, 0.15) is 29.6 Å². The Morgan fingerprint density at radius 2 is 1.89 bits per heavy atom. The molecule has 0 aromatic heterocycles. The maximum atomic E-state index is 13.4. The molecular formula is C16H17F3N4O5. The molecule has 1 fully saturated rings. The third-order valence-corrected chi connectivity index (χ3v) is 4.63. The fourth-order valence-electron chi connectivity index (χ4n) is 3.09. The fraction of sp³-hybridized carbons (Fsp3) is 0.500. The molecule has 0 aliphatic carbocycles. The number of non-ortho nitro benzene ring substituents is 1. The zero-order valence-corrected chi connectivity index (χ0v) is 14.5. The molecule has 0 saturated carbocycles. The maximum absolute atomic E-state index is 13.4. The molecule has 1 aromatic carbocycles. The summed E-state index contributed by atoms with van der Waals surface area (Å²) in [6.07, 6.45) is -2.85. The topological polar surface area (TPSA) is 117 Å². The van der Waals surface area contributed by atoms with E-state index in [0.717, 1.165) is 43.5 Å². The van der Waals surface area contributed by atoms with E-state index in [4.69, 9.17) is 0 Å². The van der Waals surface area contributed by atoms with Crippen LogP contribution in [0.4, 0.5) is 18.9 Å². The number of halogens is 3. The minimum absolute atomic E-state index is 0.111. The van der Waals surface area contributed by atoms with E-state index in [1.165, 1.54) is 4.90 Å². The zero-order chi connectivity index (χ0) is 20.5. The predicted molar refractivity (Wildman–Crippen MR) is 89.3 cm³/mol. The minimum Gasteiger partial charge on any atom is -0.355 e. The van der Waals surface area contributed by atoms with Crippen molar-refractivity contribution in [3.63, 3.8) is 0 Å². The summed E-state index contributed by atoms with van der Waals surface area (Å²) in [4.78, 5) is 28.3. The molecule has 2 atom stereocenters. The number of nitro groups is 1. The Bertz CT molecular complexity index is 792. The van der Waals surface area contributed by atoms with Crippen LogP contribution in [0, 0.1) is 10.1 Å². The van der Waals surface area contributed by atoms with Crippen LogP contribution in [-0.2, 0) is 4.84 Å². The van der Waals surface area contributed by atoms with E-state index in [1.54, 1.807) is 0 Å². The Morgan fingerprint density at radius 1 is 1.29 bits per heavy atom. The number of carbonyl (C=O) groups is 1. The number of hydrogen-bond donors (Lipinski definition) is 2. The van der Waals surface area contributed by atoms with E-state index < -0.39 is 28.8 Å². The molecule has 2 aliphatic heterocycles. The van der Waals surface area contributed by atoms with Crippen LogP contribution in [0.3, 0.4) is 0 Å². The fourth-order valence-corrected chi connectivity index (χ4v) is 3.09. The van der Waals surface area contributed by atoms with Gasteiger partial charge in [-0.25, -0.2) is 0 Å². The molecule has 1 aromatic rings. The van der Waals surface area contributed by atoms with Crippen LogP contribution < -0.4 is 5.32 Å². The maximum Gasteiger partial charge on any atom is 0.460 e. The molecule has 0 spiro atoms. The normalized spacial score (nSPS) is 25.1. The van der Waals surface area contributed by atoms with Crippen molar-refractivity contribution >= 4 is 17.4 Å². The first-order valence-electron chi connectivity index (χ1n) is 8.49. The van der Waals surface area contributed by atoms with Gasteiger partial charge in [-0.15, -0.1) is 0 Å². The summed E-state index contributed by atoms with van der Waals surface area (Å²) in [5.74, 6) is -4.89. The van der Waals surface area contributed by atoms with Gasteiger partial charge in [-0.2, -0.15) is 13.2 Å². The van der Waals surface area contributed by atoms with Gasteiger partial charge in [0.2, 0.25) is 0 Å². The Kier molecular flexibility index (Phi) is 5.15. The number of carbonyl (C=O) groups excluding carboxylic acids is 1. The number of rotatable bonds is 3. The highest BCUT2D eigenvalue weighted by Gasteiger charge is 2.68. The number of oxime groups is 1. The lowest BCUT2D eigenvalue weighted by atomic mass is 10.0. The summed E-state index contributed by atoms with van der Waals surface area (Å²) in [6.45, 7) is 0.833. The molecule has 9 nitrogen and oxygen atoms in total. The summed E-state index contributed by atoms with van der Waals surface area (Å²) < 4.78 is 40.3. The summed E-state index contributed by atoms with van der Waals surface area (Å²) in [7, 11) is 0. The van der Waals surface area contributed by atoms with E-state index in [0.29, 0.717) is 13.1 Å². The van der Waals surface area contributed by atoms with Gasteiger partial charge in [0.15, 0.2) is 11.9 Å². The van der Waals surface area contributed by atoms with Gasteiger partial charge in [0.1, 0.15) is 0 Å². The van der Waals surface area contributed by atoms with Gasteiger partial charge in [0.05, 0.1) is 4.92 Å². The van der Waals surface area contributed by atoms with Crippen molar-refractivity contribution in [3.05, 3.63) is 39.9 Å². The number of piperidine rings is 1. The summed E-state index contributed by atoms with van der Waals surface area (Å²) in [6, 6.07) is 2.33. The van der Waals surface area contributed by atoms with Gasteiger partial charge >= 0.3 is 12.0 Å². The molecule has 1 saturated heterocycles. The van der Waals surface area contributed by atoms with E-state index in [2.05, 4.69) is 15.3 Å². The number of hydrogen-bond acceptors (Lipinski definition) is 7. The molecule has 12 heteroatoms. The van der Waals surface area contributed by atoms with Crippen molar-refractivity contribution in [2.24, 2.45) is 5.16 Å². The number of aliphatic hydroxyl groups is 1. The molecule has 152 valence electrons. The average Bonchev–Trinajstić information content (AvgIpc) is 3.00. The van der Waals surface area contributed by atoms with Crippen molar-refractivity contribution in [2.45, 2.75) is 37.3 Å². The van der Waals surface area contributed by atoms with E-state index >= 15 is 0 Å². The van der Waals surface area contributed by atoms with Crippen LogP contribution in [0.15, 0.2) is 29.4 Å². The number of amidine groups is 1. The van der Waals surface area contributed by atoms with Gasteiger partial charge < -0.3 is 20.2 Å². The molecule has 0 unspecified atom stereocenters. The van der Waals surface area contributed by atoms with Gasteiger partial charge in [0, 0.05) is 30.8 Å². The number of amides is 1. The van der Waals surface area contributed by atoms with Gasteiger partial charge in [-0.05, 0) is 31.4 Å². The number of alkyl halides is 3. The molecule has 28 heavy (non-hydrogen) atoms. The average molecular weight is 402 g/mol. The Labute approximate surface area is 156 Å². The third-order valence-electron chi connectivity index (χ3n) is 4.63. The number of benzene rings is 1. The van der Waals surface area contributed by atoms with E-state index in [1.807, 2.05) is 0 Å². The molecule has 2 N–H and O–H groups in total. The van der Waals surface area contributed by atoms with Crippen LogP contribution >= 0.6 is 0 Å². The van der Waals surface area contributed by atoms with Crippen LogP contribution in [0.2, 0.25) is 0 Å². The number of likely N-dealkylation sites (tertiary alicyclic amines) is 1. The van der Waals surface area contributed by atoms with Gasteiger partial charge in [-0.1, -0.05) is 5.16 Å². The lowest BCUT2D eigenvalue weighted by Crippen LogP contribution is -2.64. The summed E-state index contributed by atoms with van der Waals surface area (Å²) in [5, 5.41) is 26.3. The van der Waals surface area contributed by atoms with Gasteiger partial charge in [-0.3, -0.25) is 14.9 Å². The lowest BCUT2D eigenvalue weighted by molar-refractivity contribution is -0.384. The third kappa shape index (κ3) is 3.59. The summed E-state index contributed by atoms with van der Waals surface area (Å²) in [5.41, 5.74) is -0.386. The Morgan fingerprint density at radius 3 is 2.43 bits per heavy atom. The quantitative estimate of drug-likeness (QED) is 0.588. The molecule has 2 aliphatic rings. The van der Waals surface area contributed by atoms with Crippen LogP contribution in [0.25, 0.3) is 0 Å². The first-order valence-corrected chi connectivity index (χ1v) is 8.49. The largest absolute Gasteiger partial charge is 0.460 e. The van der Waals surface area contributed by atoms with Crippen molar-refractivity contribution < 1.29 is 32.8 Å². The number of nitro benzene ring substituents is 1. The van der Waals surface area contributed by atoms with Crippen molar-refractivity contribution in [2.75, 3.05) is 13.1 Å². The standard InChI is InChI=1S/C16H17F3N4O5/c17-16(18,19)15(25)12(13(21-28-15)22-8-2-1-3-9-22)20-14(24)10-4-6-11(7-5-10)23(26)27/h4-7,12,25H,1-3,8-9H2,(H,20,24)/t12-,15+/m1/s1. The van der Waals surface area contributed by atoms with Crippen LogP contribution in [0.5, 0.6) is 0 Å². The second-order valence-electron chi connectivity index (χ2n) is 6.49. The monoisotopic (exact) mass is 402 g/mol. The van der Waals surface area contributed by atoms with Gasteiger partial charge in [0.25, 0.3) is 11.6 Å². The molecule has 1 amide bonds. The first kappa shape index (κ1) is 19.9. The predicted octanol–water partition coefficient (Wildman–Crippen LogP) is 1.77. The summed E-state index contributed by atoms with van der Waals surface area (Å²) >= 11 is 0. The zero-order valence-electron chi connectivity index (χ0n) is 14.5. The van der Waals surface area contributed by atoms with E-state index in [9.17, 15) is 33.2 Å². The Hall–Kier alpha value is -2.89. The Balaban J connectivity index is 1.85. The first-order chi connectivity index (χ1) is 13.1. The second kappa shape index (κ2) is 7.26. The molecule has 0 radical (unpaired) electrons. The molecular weight excluding hydrogens is 385 g/mol. The highest BCUT2D eigenvalue weighted by atomic mass is 19.4. The lowest BCUT2D eigenvalue weighted by Gasteiger charge is -2.34. The number of nitrogens with zero attached hydrogens (tertiary/aromatic N) is 3. The van der Waals surface area contributed by atoms with Crippen LogP contribution in [-0.4, -0.2) is 57.8 Å². The molecule has 2 heterocycles. The van der Waals surface area contributed by atoms with Crippen molar-refractivity contribution in [1.82, 2.24) is 10.2 Å².